The van der Waals surface area contributed by atoms with Crippen molar-refractivity contribution in [3.63, 3.8) is 0 Å². The van der Waals surface area contributed by atoms with E-state index in [2.05, 4.69) is 23.5 Å². The standard InChI is InChI=1S/C10H17NO3/c1-10(2)8-14-7-6-11(10)5-4-9(12)13-3/h4-5H,6-8H2,1-3H3. The van der Waals surface area contributed by atoms with E-state index in [1.54, 1.807) is 6.20 Å². The van der Waals surface area contributed by atoms with Gasteiger partial charge in [0.1, 0.15) is 0 Å². The van der Waals surface area contributed by atoms with Gasteiger partial charge in [-0.1, -0.05) is 0 Å². The molecule has 0 aromatic rings. The number of carbonyl (C=O) groups is 1. The molecule has 0 aromatic heterocycles. The van der Waals surface area contributed by atoms with Crippen LogP contribution in [0.3, 0.4) is 0 Å². The number of carbonyl (C=O) groups excluding carboxylic acids is 1. The van der Waals surface area contributed by atoms with Gasteiger partial charge in [0.25, 0.3) is 0 Å². The zero-order valence-electron chi connectivity index (χ0n) is 8.95. The number of morpholine rings is 1. The molecule has 4 heteroatoms. The van der Waals surface area contributed by atoms with E-state index in [1.165, 1.54) is 13.2 Å². The summed E-state index contributed by atoms with van der Waals surface area (Å²) >= 11 is 0. The number of ether oxygens (including phenoxy) is 2. The first-order valence-electron chi connectivity index (χ1n) is 4.67. The summed E-state index contributed by atoms with van der Waals surface area (Å²) in [6, 6.07) is 0. The molecule has 1 heterocycles. The summed E-state index contributed by atoms with van der Waals surface area (Å²) in [5.41, 5.74) is -0.0528. The predicted octanol–water partition coefficient (Wildman–Crippen LogP) is 0.784. The molecule has 0 saturated carbocycles. The minimum absolute atomic E-state index is 0.0528. The Morgan fingerprint density at radius 2 is 2.29 bits per heavy atom. The molecule has 0 aliphatic carbocycles. The van der Waals surface area contributed by atoms with E-state index < -0.39 is 0 Å². The van der Waals surface area contributed by atoms with E-state index in [0.29, 0.717) is 13.2 Å². The smallest absolute Gasteiger partial charge is 0.331 e. The molecular weight excluding hydrogens is 182 g/mol. The molecule has 4 nitrogen and oxygen atoms in total. The Kier molecular flexibility index (Phi) is 3.52. The second kappa shape index (κ2) is 4.46. The van der Waals surface area contributed by atoms with Crippen LogP contribution in [-0.4, -0.2) is 43.3 Å². The minimum atomic E-state index is -0.327. The fourth-order valence-electron chi connectivity index (χ4n) is 1.37. The number of methoxy groups -OCH3 is 1. The number of esters is 1. The second-order valence-electron chi connectivity index (χ2n) is 3.90. The van der Waals surface area contributed by atoms with Gasteiger partial charge in [0.05, 0.1) is 25.9 Å². The van der Waals surface area contributed by atoms with Crippen LogP contribution in [0.15, 0.2) is 12.3 Å². The lowest BCUT2D eigenvalue weighted by molar-refractivity contribution is -0.135. The zero-order chi connectivity index (χ0) is 10.6. The van der Waals surface area contributed by atoms with Crippen molar-refractivity contribution in [3.05, 3.63) is 12.3 Å². The zero-order valence-corrected chi connectivity index (χ0v) is 8.95. The highest BCUT2D eigenvalue weighted by Gasteiger charge is 2.27. The number of rotatable bonds is 2. The third-order valence-corrected chi connectivity index (χ3v) is 2.30. The fraction of sp³-hybridized carbons (Fsp3) is 0.700. The first-order valence-corrected chi connectivity index (χ1v) is 4.67. The maximum Gasteiger partial charge on any atom is 0.331 e. The molecule has 0 atom stereocenters. The monoisotopic (exact) mass is 199 g/mol. The van der Waals surface area contributed by atoms with Crippen LogP contribution in [0, 0.1) is 0 Å². The topological polar surface area (TPSA) is 38.8 Å². The van der Waals surface area contributed by atoms with Crippen LogP contribution in [0.5, 0.6) is 0 Å². The molecule has 0 aromatic carbocycles. The normalized spacial score (nSPS) is 21.2. The van der Waals surface area contributed by atoms with Crippen LogP contribution in [-0.2, 0) is 14.3 Å². The Hall–Kier alpha value is -1.03. The Morgan fingerprint density at radius 1 is 1.57 bits per heavy atom. The molecule has 1 fully saturated rings. The Bertz CT molecular complexity index is 236. The van der Waals surface area contributed by atoms with Gasteiger partial charge in [-0.2, -0.15) is 0 Å². The maximum absolute atomic E-state index is 10.9. The molecule has 0 radical (unpaired) electrons. The van der Waals surface area contributed by atoms with Crippen molar-refractivity contribution in [2.24, 2.45) is 0 Å². The average molecular weight is 199 g/mol. The summed E-state index contributed by atoms with van der Waals surface area (Å²) in [5.74, 6) is -0.327. The number of hydrogen-bond acceptors (Lipinski definition) is 4. The SMILES string of the molecule is COC(=O)C=CN1CCOCC1(C)C. The molecular formula is C10H17NO3. The quantitative estimate of drug-likeness (QED) is 0.486. The van der Waals surface area contributed by atoms with Crippen molar-refractivity contribution in [2.45, 2.75) is 19.4 Å². The summed E-state index contributed by atoms with van der Waals surface area (Å²) in [4.78, 5) is 13.0. The van der Waals surface area contributed by atoms with Gasteiger partial charge in [-0.25, -0.2) is 4.79 Å². The van der Waals surface area contributed by atoms with Gasteiger partial charge in [-0.15, -0.1) is 0 Å². The van der Waals surface area contributed by atoms with Crippen molar-refractivity contribution in [1.29, 1.82) is 0 Å². The summed E-state index contributed by atoms with van der Waals surface area (Å²) in [7, 11) is 1.37. The van der Waals surface area contributed by atoms with Crippen molar-refractivity contribution in [1.82, 2.24) is 4.90 Å². The van der Waals surface area contributed by atoms with E-state index in [9.17, 15) is 4.79 Å². The van der Waals surface area contributed by atoms with E-state index in [0.717, 1.165) is 6.54 Å². The van der Waals surface area contributed by atoms with E-state index in [-0.39, 0.29) is 11.5 Å². The van der Waals surface area contributed by atoms with Gasteiger partial charge in [0.2, 0.25) is 0 Å². The molecule has 1 aliphatic heterocycles. The molecule has 0 N–H and O–H groups in total. The van der Waals surface area contributed by atoms with Crippen molar-refractivity contribution < 1.29 is 14.3 Å². The third-order valence-electron chi connectivity index (χ3n) is 2.30. The van der Waals surface area contributed by atoms with Gasteiger partial charge in [0, 0.05) is 18.8 Å². The third kappa shape index (κ3) is 2.73. The van der Waals surface area contributed by atoms with Gasteiger partial charge in [-0.3, -0.25) is 0 Å². The van der Waals surface area contributed by atoms with Crippen LogP contribution in [0.2, 0.25) is 0 Å². The molecule has 1 aliphatic rings. The molecule has 0 amide bonds. The van der Waals surface area contributed by atoms with Crippen molar-refractivity contribution >= 4 is 5.97 Å². The minimum Gasteiger partial charge on any atom is -0.466 e. The van der Waals surface area contributed by atoms with Crippen molar-refractivity contribution in [3.8, 4) is 0 Å². The Labute approximate surface area is 84.5 Å². The fourth-order valence-corrected chi connectivity index (χ4v) is 1.37. The molecule has 14 heavy (non-hydrogen) atoms. The van der Waals surface area contributed by atoms with Crippen LogP contribution >= 0.6 is 0 Å². The van der Waals surface area contributed by atoms with Gasteiger partial charge in [0.15, 0.2) is 0 Å². The van der Waals surface area contributed by atoms with Crippen LogP contribution in [0.1, 0.15) is 13.8 Å². The molecule has 1 rings (SSSR count). The van der Waals surface area contributed by atoms with Gasteiger partial charge >= 0.3 is 5.97 Å². The van der Waals surface area contributed by atoms with E-state index >= 15 is 0 Å². The lowest BCUT2D eigenvalue weighted by atomic mass is 10.0. The summed E-state index contributed by atoms with van der Waals surface area (Å²) in [5, 5.41) is 0. The Morgan fingerprint density at radius 3 is 2.86 bits per heavy atom. The second-order valence-corrected chi connectivity index (χ2v) is 3.90. The van der Waals surface area contributed by atoms with Crippen LogP contribution in [0.4, 0.5) is 0 Å². The summed E-state index contributed by atoms with van der Waals surface area (Å²) in [6.45, 7) is 6.34. The highest BCUT2D eigenvalue weighted by atomic mass is 16.5. The van der Waals surface area contributed by atoms with Crippen molar-refractivity contribution in [2.75, 3.05) is 26.9 Å². The molecule has 0 spiro atoms. The number of nitrogens with zero attached hydrogens (tertiary/aromatic N) is 1. The molecule has 0 bridgehead atoms. The van der Waals surface area contributed by atoms with E-state index in [4.69, 9.17) is 4.74 Å². The number of hydrogen-bond donors (Lipinski definition) is 0. The first kappa shape index (κ1) is 11.0. The highest BCUT2D eigenvalue weighted by Crippen LogP contribution is 2.18. The first-order chi connectivity index (χ1) is 6.56. The van der Waals surface area contributed by atoms with Crippen LogP contribution in [0.25, 0.3) is 0 Å². The lowest BCUT2D eigenvalue weighted by Gasteiger charge is -2.41. The Balaban J connectivity index is 2.57. The summed E-state index contributed by atoms with van der Waals surface area (Å²) in [6.07, 6.45) is 3.21. The van der Waals surface area contributed by atoms with E-state index in [1.807, 2.05) is 0 Å². The highest BCUT2D eigenvalue weighted by molar-refractivity contribution is 5.81. The van der Waals surface area contributed by atoms with Gasteiger partial charge in [-0.05, 0) is 13.8 Å². The lowest BCUT2D eigenvalue weighted by Crippen LogP contribution is -2.50. The molecule has 1 saturated heterocycles. The maximum atomic E-state index is 10.9. The predicted molar refractivity (Wildman–Crippen MR) is 52.8 cm³/mol. The molecule has 0 unspecified atom stereocenters. The summed E-state index contributed by atoms with van der Waals surface area (Å²) < 4.78 is 9.88. The van der Waals surface area contributed by atoms with Gasteiger partial charge < -0.3 is 14.4 Å². The average Bonchev–Trinajstić information content (AvgIpc) is 2.15. The largest absolute Gasteiger partial charge is 0.466 e. The molecule has 80 valence electrons. The van der Waals surface area contributed by atoms with Crippen LogP contribution < -0.4 is 0 Å².